The van der Waals surface area contributed by atoms with Crippen molar-refractivity contribution in [1.29, 1.82) is 0 Å². The van der Waals surface area contributed by atoms with Gasteiger partial charge in [0.25, 0.3) is 0 Å². The summed E-state index contributed by atoms with van der Waals surface area (Å²) in [4.78, 5) is 2.43. The molecule has 4 nitrogen and oxygen atoms in total. The average Bonchev–Trinajstić information content (AvgIpc) is 3.05. The molecular weight excluding hydrogens is 338 g/mol. The van der Waals surface area contributed by atoms with Gasteiger partial charge in [0, 0.05) is 11.5 Å². The van der Waals surface area contributed by atoms with Crippen molar-refractivity contribution in [2.45, 2.75) is 42.7 Å². The smallest absolute Gasteiger partial charge is 0.161 e. The summed E-state index contributed by atoms with van der Waals surface area (Å²) in [5.74, 6) is 1.80. The Morgan fingerprint density at radius 1 is 1.00 bits per heavy atom. The molecule has 144 valence electrons. The van der Waals surface area contributed by atoms with Crippen LogP contribution in [0.4, 0.5) is 0 Å². The fourth-order valence-corrected chi connectivity index (χ4v) is 5.49. The number of ether oxygens (including phenoxy) is 2. The molecular formula is C23H29NO3. The summed E-state index contributed by atoms with van der Waals surface area (Å²) in [5.41, 5.74) is 2.57. The first-order chi connectivity index (χ1) is 13.1. The number of methoxy groups -OCH3 is 2. The first kappa shape index (κ1) is 18.3. The van der Waals surface area contributed by atoms with Crippen molar-refractivity contribution in [1.82, 2.24) is 4.90 Å². The van der Waals surface area contributed by atoms with Crippen LogP contribution in [0, 0.1) is 0 Å². The zero-order valence-corrected chi connectivity index (χ0v) is 16.4. The summed E-state index contributed by atoms with van der Waals surface area (Å²) < 4.78 is 11.1. The highest BCUT2D eigenvalue weighted by Gasteiger charge is 2.56. The zero-order chi connectivity index (χ0) is 19.0. The van der Waals surface area contributed by atoms with Gasteiger partial charge in [0.2, 0.25) is 0 Å². The van der Waals surface area contributed by atoms with Crippen molar-refractivity contribution in [3.63, 3.8) is 0 Å². The summed E-state index contributed by atoms with van der Waals surface area (Å²) in [6.07, 6.45) is 2.42. The number of nitrogens with zero attached hydrogens (tertiary/aromatic N) is 1. The van der Waals surface area contributed by atoms with Crippen LogP contribution in [-0.2, 0) is 5.41 Å². The number of hydrogen-bond acceptors (Lipinski definition) is 4. The van der Waals surface area contributed by atoms with Gasteiger partial charge < -0.3 is 19.5 Å². The molecule has 1 N–H and O–H groups in total. The number of fused-ring (bicyclic) bond motifs is 1. The predicted molar refractivity (Wildman–Crippen MR) is 107 cm³/mol. The molecule has 2 aliphatic rings. The summed E-state index contributed by atoms with van der Waals surface area (Å²) in [6.45, 7) is 1.04. The lowest BCUT2D eigenvalue weighted by Gasteiger charge is -2.49. The molecule has 4 rings (SSSR count). The van der Waals surface area contributed by atoms with Crippen LogP contribution in [-0.4, -0.2) is 50.0 Å². The number of aliphatic hydroxyl groups is 1. The Bertz CT molecular complexity index is 793. The van der Waals surface area contributed by atoms with Crippen LogP contribution in [0.15, 0.2) is 48.5 Å². The monoisotopic (exact) mass is 367 g/mol. The second kappa shape index (κ2) is 7.17. The van der Waals surface area contributed by atoms with Crippen molar-refractivity contribution < 1.29 is 14.6 Å². The molecule has 0 spiro atoms. The quantitative estimate of drug-likeness (QED) is 0.897. The minimum absolute atomic E-state index is 0.0329. The maximum Gasteiger partial charge on any atom is 0.161 e. The normalized spacial score (nSPS) is 30.7. The Morgan fingerprint density at radius 3 is 2.44 bits per heavy atom. The van der Waals surface area contributed by atoms with Crippen LogP contribution in [0.25, 0.3) is 0 Å². The lowest BCUT2D eigenvalue weighted by molar-refractivity contribution is 0.0412. The molecule has 1 saturated heterocycles. The molecule has 2 fully saturated rings. The Kier molecular flexibility index (Phi) is 4.87. The van der Waals surface area contributed by atoms with E-state index >= 15 is 0 Å². The number of aliphatic hydroxyl groups excluding tert-OH is 1. The van der Waals surface area contributed by atoms with Gasteiger partial charge in [0.15, 0.2) is 11.5 Å². The molecule has 0 aromatic heterocycles. The number of hydrogen-bond donors (Lipinski definition) is 1. The molecule has 0 unspecified atom stereocenters. The van der Waals surface area contributed by atoms with Gasteiger partial charge in [0.05, 0.1) is 20.3 Å². The second-order valence-corrected chi connectivity index (χ2v) is 7.95. The molecule has 27 heavy (non-hydrogen) atoms. The number of rotatable bonds is 4. The van der Waals surface area contributed by atoms with Crippen molar-refractivity contribution >= 4 is 0 Å². The molecule has 4 atom stereocenters. The second-order valence-electron chi connectivity index (χ2n) is 7.95. The van der Waals surface area contributed by atoms with Crippen LogP contribution in [0.3, 0.4) is 0 Å². The molecule has 0 bridgehead atoms. The van der Waals surface area contributed by atoms with Gasteiger partial charge in [-0.15, -0.1) is 0 Å². The van der Waals surface area contributed by atoms with Crippen molar-refractivity contribution in [3.8, 4) is 11.5 Å². The van der Waals surface area contributed by atoms with Crippen LogP contribution < -0.4 is 9.47 Å². The average molecular weight is 367 g/mol. The van der Waals surface area contributed by atoms with E-state index in [0.717, 1.165) is 37.3 Å². The van der Waals surface area contributed by atoms with Crippen molar-refractivity contribution in [2.24, 2.45) is 0 Å². The molecule has 1 aliphatic carbocycles. The molecule has 2 aromatic rings. The van der Waals surface area contributed by atoms with E-state index in [1.165, 1.54) is 11.1 Å². The zero-order valence-electron chi connectivity index (χ0n) is 16.4. The molecule has 0 amide bonds. The third-order valence-corrected chi connectivity index (χ3v) is 6.75. The number of likely N-dealkylation sites (tertiary alicyclic amines) is 1. The van der Waals surface area contributed by atoms with E-state index in [4.69, 9.17) is 9.47 Å². The van der Waals surface area contributed by atoms with E-state index in [-0.39, 0.29) is 17.4 Å². The van der Waals surface area contributed by atoms with Crippen LogP contribution in [0.1, 0.15) is 36.3 Å². The van der Waals surface area contributed by atoms with Gasteiger partial charge >= 0.3 is 0 Å². The first-order valence-electron chi connectivity index (χ1n) is 9.76. The largest absolute Gasteiger partial charge is 0.493 e. The number of benzene rings is 2. The van der Waals surface area contributed by atoms with Gasteiger partial charge in [-0.25, -0.2) is 0 Å². The first-order valence-corrected chi connectivity index (χ1v) is 9.76. The molecule has 1 saturated carbocycles. The highest BCUT2D eigenvalue weighted by atomic mass is 16.5. The summed E-state index contributed by atoms with van der Waals surface area (Å²) in [6, 6.07) is 17.4. The van der Waals surface area contributed by atoms with Gasteiger partial charge in [-0.05, 0) is 62.0 Å². The topological polar surface area (TPSA) is 41.9 Å². The van der Waals surface area contributed by atoms with E-state index in [9.17, 15) is 5.11 Å². The third-order valence-electron chi connectivity index (χ3n) is 6.75. The molecule has 1 aliphatic heterocycles. The highest BCUT2D eigenvalue weighted by Crippen LogP contribution is 2.56. The minimum atomic E-state index is -0.269. The Balaban J connectivity index is 1.88. The number of likely N-dealkylation sites (N-methyl/N-ethyl adjacent to an activating group) is 1. The van der Waals surface area contributed by atoms with Gasteiger partial charge in [-0.1, -0.05) is 36.4 Å². The maximum absolute atomic E-state index is 10.7. The van der Waals surface area contributed by atoms with E-state index in [0.29, 0.717) is 6.04 Å². The lowest BCUT2D eigenvalue weighted by Crippen LogP contribution is -2.51. The van der Waals surface area contributed by atoms with Crippen molar-refractivity contribution in [2.75, 3.05) is 27.8 Å². The van der Waals surface area contributed by atoms with E-state index in [1.54, 1.807) is 14.2 Å². The van der Waals surface area contributed by atoms with Gasteiger partial charge in [-0.2, -0.15) is 0 Å². The van der Waals surface area contributed by atoms with E-state index in [1.807, 2.05) is 6.07 Å². The standard InChI is InChI=1S/C23H29NO3/c1-24-12-11-23(17-9-10-20(26-2)21(13-17)27-3)19(14-18(25)15-22(23)24)16-7-5-4-6-8-16/h4-10,13,18-19,22,25H,11-12,14-15H2,1-3H3/t18-,19-,22-,23-/m0/s1. The van der Waals surface area contributed by atoms with Crippen molar-refractivity contribution in [3.05, 3.63) is 59.7 Å². The summed E-state index contributed by atoms with van der Waals surface area (Å²) in [5, 5.41) is 10.7. The van der Waals surface area contributed by atoms with E-state index < -0.39 is 0 Å². The minimum Gasteiger partial charge on any atom is -0.493 e. The third kappa shape index (κ3) is 2.91. The fraction of sp³-hybridized carbons (Fsp3) is 0.478. The van der Waals surface area contributed by atoms with E-state index in [2.05, 4.69) is 54.4 Å². The highest BCUT2D eigenvalue weighted by molar-refractivity contribution is 5.48. The fourth-order valence-electron chi connectivity index (χ4n) is 5.49. The predicted octanol–water partition coefficient (Wildman–Crippen LogP) is 3.58. The summed E-state index contributed by atoms with van der Waals surface area (Å²) in [7, 11) is 5.55. The molecule has 4 heteroatoms. The van der Waals surface area contributed by atoms with Gasteiger partial charge in [0.1, 0.15) is 0 Å². The van der Waals surface area contributed by atoms with Crippen LogP contribution in [0.5, 0.6) is 11.5 Å². The Morgan fingerprint density at radius 2 is 1.74 bits per heavy atom. The summed E-state index contributed by atoms with van der Waals surface area (Å²) >= 11 is 0. The Hall–Kier alpha value is -2.04. The molecule has 2 aromatic carbocycles. The van der Waals surface area contributed by atoms with Crippen LogP contribution >= 0.6 is 0 Å². The van der Waals surface area contributed by atoms with Crippen LogP contribution in [0.2, 0.25) is 0 Å². The lowest BCUT2D eigenvalue weighted by atomic mass is 9.57. The maximum atomic E-state index is 10.7. The molecule has 0 radical (unpaired) electrons. The Labute approximate surface area is 161 Å². The molecule has 1 heterocycles. The van der Waals surface area contributed by atoms with Gasteiger partial charge in [-0.3, -0.25) is 0 Å². The SMILES string of the molecule is COc1ccc([C@]23CCN(C)[C@H]2C[C@@H](O)C[C@H]3c2ccccc2)cc1OC.